The van der Waals surface area contributed by atoms with Gasteiger partial charge in [-0.1, -0.05) is 20.3 Å². The van der Waals surface area contributed by atoms with Crippen LogP contribution in [0, 0.1) is 5.92 Å². The molecular formula is C12H21N5O2. The summed E-state index contributed by atoms with van der Waals surface area (Å²) < 4.78 is 0. The van der Waals surface area contributed by atoms with Gasteiger partial charge < -0.3 is 21.4 Å². The van der Waals surface area contributed by atoms with E-state index < -0.39 is 12.1 Å². The van der Waals surface area contributed by atoms with Gasteiger partial charge in [-0.2, -0.15) is 0 Å². The molecule has 1 aromatic heterocycles. The standard InChI is InChI=1S/C12H21N5O2/c1-3-8(2)10(17-12(13)19)11(18)15-5-4-9-6-14-7-16-9/h6-8,10H,3-5H2,1-2H3,(H,14,16)(H,15,18)(H3,13,17,19). The lowest BCUT2D eigenvalue weighted by Gasteiger charge is -2.22. The summed E-state index contributed by atoms with van der Waals surface area (Å²) in [6, 6.07) is -1.28. The predicted molar refractivity (Wildman–Crippen MR) is 71.3 cm³/mol. The molecule has 0 fully saturated rings. The molecule has 3 amide bonds. The summed E-state index contributed by atoms with van der Waals surface area (Å²) in [4.78, 5) is 29.8. The minimum Gasteiger partial charge on any atom is -0.354 e. The fraction of sp³-hybridized carbons (Fsp3) is 0.583. The van der Waals surface area contributed by atoms with Gasteiger partial charge in [0.2, 0.25) is 5.91 Å². The predicted octanol–water partition coefficient (Wildman–Crippen LogP) is 0.151. The summed E-state index contributed by atoms with van der Waals surface area (Å²) in [5.74, 6) is -0.188. The van der Waals surface area contributed by atoms with Gasteiger partial charge in [-0.25, -0.2) is 9.78 Å². The number of nitrogens with one attached hydrogen (secondary N) is 3. The van der Waals surface area contributed by atoms with Crippen LogP contribution in [-0.4, -0.2) is 34.5 Å². The Morgan fingerprint density at radius 3 is 2.79 bits per heavy atom. The first-order valence-corrected chi connectivity index (χ1v) is 6.35. The number of H-pyrrole nitrogens is 1. The van der Waals surface area contributed by atoms with Crippen molar-refractivity contribution >= 4 is 11.9 Å². The van der Waals surface area contributed by atoms with Gasteiger partial charge in [0.25, 0.3) is 0 Å². The Balaban J connectivity index is 2.44. The molecular weight excluding hydrogens is 246 g/mol. The second kappa shape index (κ2) is 7.40. The number of imidazole rings is 1. The van der Waals surface area contributed by atoms with Crippen LogP contribution in [0.4, 0.5) is 4.79 Å². The Morgan fingerprint density at radius 1 is 1.53 bits per heavy atom. The third-order valence-corrected chi connectivity index (χ3v) is 3.04. The van der Waals surface area contributed by atoms with Gasteiger partial charge in [-0.3, -0.25) is 4.79 Å². The van der Waals surface area contributed by atoms with E-state index in [-0.39, 0.29) is 11.8 Å². The monoisotopic (exact) mass is 267 g/mol. The van der Waals surface area contributed by atoms with Crippen molar-refractivity contribution in [2.24, 2.45) is 11.7 Å². The number of carbonyl (C=O) groups is 2. The second-order valence-corrected chi connectivity index (χ2v) is 4.49. The van der Waals surface area contributed by atoms with Crippen molar-refractivity contribution in [3.05, 3.63) is 18.2 Å². The van der Waals surface area contributed by atoms with Gasteiger partial charge in [0.1, 0.15) is 6.04 Å². The SMILES string of the molecule is CCC(C)C(NC(N)=O)C(=O)NCCc1cnc[nH]1. The summed E-state index contributed by atoms with van der Waals surface area (Å²) in [6.07, 6.45) is 4.74. The molecule has 0 radical (unpaired) electrons. The molecule has 19 heavy (non-hydrogen) atoms. The van der Waals surface area contributed by atoms with Crippen LogP contribution >= 0.6 is 0 Å². The van der Waals surface area contributed by atoms with Crippen molar-refractivity contribution in [2.75, 3.05) is 6.54 Å². The normalized spacial score (nSPS) is 13.6. The highest BCUT2D eigenvalue weighted by Gasteiger charge is 2.24. The minimum atomic E-state index is -0.686. The molecule has 0 aromatic carbocycles. The maximum atomic E-state index is 12.0. The Bertz CT molecular complexity index is 404. The number of hydrogen-bond donors (Lipinski definition) is 4. The Hall–Kier alpha value is -2.05. The number of rotatable bonds is 7. The quantitative estimate of drug-likeness (QED) is 0.564. The molecule has 1 heterocycles. The molecule has 7 nitrogen and oxygen atoms in total. The van der Waals surface area contributed by atoms with E-state index in [1.54, 1.807) is 12.5 Å². The summed E-state index contributed by atoms with van der Waals surface area (Å²) in [6.45, 7) is 4.34. The molecule has 106 valence electrons. The maximum Gasteiger partial charge on any atom is 0.312 e. The largest absolute Gasteiger partial charge is 0.354 e. The van der Waals surface area contributed by atoms with Gasteiger partial charge in [-0.15, -0.1) is 0 Å². The van der Waals surface area contributed by atoms with Crippen molar-refractivity contribution < 1.29 is 9.59 Å². The second-order valence-electron chi connectivity index (χ2n) is 4.49. The number of aromatic nitrogens is 2. The van der Waals surface area contributed by atoms with Gasteiger partial charge >= 0.3 is 6.03 Å². The zero-order valence-electron chi connectivity index (χ0n) is 11.3. The van der Waals surface area contributed by atoms with Crippen molar-refractivity contribution in [3.63, 3.8) is 0 Å². The minimum absolute atomic E-state index is 0.0275. The Kier molecular flexibility index (Phi) is 5.84. The van der Waals surface area contributed by atoms with Gasteiger partial charge in [0, 0.05) is 24.9 Å². The van der Waals surface area contributed by atoms with E-state index in [1.165, 1.54) is 0 Å². The van der Waals surface area contributed by atoms with Crippen molar-refractivity contribution in [2.45, 2.75) is 32.7 Å². The van der Waals surface area contributed by atoms with E-state index in [9.17, 15) is 9.59 Å². The average Bonchev–Trinajstić information content (AvgIpc) is 2.87. The molecule has 1 rings (SSSR count). The summed E-state index contributed by atoms with van der Waals surface area (Å²) in [5, 5.41) is 5.27. The topological polar surface area (TPSA) is 113 Å². The van der Waals surface area contributed by atoms with Crippen LogP contribution in [0.25, 0.3) is 0 Å². The molecule has 0 aliphatic heterocycles. The van der Waals surface area contributed by atoms with Gasteiger partial charge in [0.05, 0.1) is 6.33 Å². The molecule has 5 N–H and O–H groups in total. The number of carbonyl (C=O) groups excluding carboxylic acids is 2. The fourth-order valence-electron chi connectivity index (χ4n) is 1.71. The number of primary amides is 1. The van der Waals surface area contributed by atoms with E-state index >= 15 is 0 Å². The lowest BCUT2D eigenvalue weighted by atomic mass is 9.98. The zero-order chi connectivity index (χ0) is 14.3. The molecule has 2 unspecified atom stereocenters. The van der Waals surface area contributed by atoms with E-state index in [4.69, 9.17) is 5.73 Å². The van der Waals surface area contributed by atoms with Crippen LogP contribution in [0.5, 0.6) is 0 Å². The number of hydrogen-bond acceptors (Lipinski definition) is 3. The first kappa shape index (κ1) is 15.0. The highest BCUT2D eigenvalue weighted by Crippen LogP contribution is 2.07. The first-order chi connectivity index (χ1) is 9.04. The molecule has 0 aliphatic rings. The van der Waals surface area contributed by atoms with E-state index in [0.29, 0.717) is 13.0 Å². The van der Waals surface area contributed by atoms with Gasteiger partial charge in [-0.05, 0) is 5.92 Å². The van der Waals surface area contributed by atoms with Crippen LogP contribution < -0.4 is 16.4 Å². The summed E-state index contributed by atoms with van der Waals surface area (Å²) in [5.41, 5.74) is 6.03. The molecule has 0 aliphatic carbocycles. The maximum absolute atomic E-state index is 12.0. The van der Waals surface area contributed by atoms with Crippen LogP contribution in [-0.2, 0) is 11.2 Å². The van der Waals surface area contributed by atoms with Crippen LogP contribution in [0.15, 0.2) is 12.5 Å². The molecule has 2 atom stereocenters. The summed E-state index contributed by atoms with van der Waals surface area (Å²) >= 11 is 0. The molecule has 1 aromatic rings. The van der Waals surface area contributed by atoms with Crippen molar-refractivity contribution in [3.8, 4) is 0 Å². The van der Waals surface area contributed by atoms with E-state index in [0.717, 1.165) is 12.1 Å². The van der Waals surface area contributed by atoms with E-state index in [1.807, 2.05) is 13.8 Å². The molecule has 0 saturated carbocycles. The number of amides is 3. The Morgan fingerprint density at radius 2 is 2.26 bits per heavy atom. The third-order valence-electron chi connectivity index (χ3n) is 3.04. The number of nitrogens with two attached hydrogens (primary N) is 1. The first-order valence-electron chi connectivity index (χ1n) is 6.35. The third kappa shape index (κ3) is 4.99. The number of nitrogens with zero attached hydrogens (tertiary/aromatic N) is 1. The number of aromatic amines is 1. The molecule has 0 spiro atoms. The van der Waals surface area contributed by atoms with Crippen molar-refractivity contribution in [1.82, 2.24) is 20.6 Å². The van der Waals surface area contributed by atoms with E-state index in [2.05, 4.69) is 20.6 Å². The van der Waals surface area contributed by atoms with Gasteiger partial charge in [0.15, 0.2) is 0 Å². The lowest BCUT2D eigenvalue weighted by Crippen LogP contribution is -2.52. The lowest BCUT2D eigenvalue weighted by molar-refractivity contribution is -0.124. The Labute approximate surface area is 112 Å². The smallest absolute Gasteiger partial charge is 0.312 e. The van der Waals surface area contributed by atoms with Crippen LogP contribution in [0.1, 0.15) is 26.0 Å². The van der Waals surface area contributed by atoms with Crippen molar-refractivity contribution in [1.29, 1.82) is 0 Å². The fourth-order valence-corrected chi connectivity index (χ4v) is 1.71. The molecule has 7 heteroatoms. The van der Waals surface area contributed by atoms with Crippen LogP contribution in [0.2, 0.25) is 0 Å². The summed E-state index contributed by atoms with van der Waals surface area (Å²) in [7, 11) is 0. The molecule has 0 bridgehead atoms. The average molecular weight is 267 g/mol. The highest BCUT2D eigenvalue weighted by atomic mass is 16.2. The number of urea groups is 1. The highest BCUT2D eigenvalue weighted by molar-refractivity contribution is 5.86. The van der Waals surface area contributed by atoms with Crippen LogP contribution in [0.3, 0.4) is 0 Å². The molecule has 0 saturated heterocycles. The zero-order valence-corrected chi connectivity index (χ0v) is 11.3.